The van der Waals surface area contributed by atoms with E-state index in [1.807, 2.05) is 0 Å². The summed E-state index contributed by atoms with van der Waals surface area (Å²) in [6.07, 6.45) is 11.6. The van der Waals surface area contributed by atoms with Crippen molar-refractivity contribution >= 4 is 0 Å². The van der Waals surface area contributed by atoms with Crippen molar-refractivity contribution in [1.82, 2.24) is 0 Å². The summed E-state index contributed by atoms with van der Waals surface area (Å²) in [4.78, 5) is 0. The molecule has 0 N–H and O–H groups in total. The monoisotopic (exact) mass is 328 g/mol. The van der Waals surface area contributed by atoms with Crippen molar-refractivity contribution in [3.8, 4) is 5.75 Å². The highest BCUT2D eigenvalue weighted by Gasteiger charge is 2.30. The molecule has 134 valence electrons. The lowest BCUT2D eigenvalue weighted by Crippen LogP contribution is -2.27. The highest BCUT2D eigenvalue weighted by molar-refractivity contribution is 5.42. The van der Waals surface area contributed by atoms with E-state index >= 15 is 0 Å². The summed E-state index contributed by atoms with van der Waals surface area (Å²) >= 11 is 0. The smallest absolute Gasteiger partial charge is 0.122 e. The number of hydrogen-bond donors (Lipinski definition) is 0. The van der Waals surface area contributed by atoms with Crippen LogP contribution in [-0.4, -0.2) is 6.61 Å². The van der Waals surface area contributed by atoms with Crippen LogP contribution in [0.2, 0.25) is 0 Å². The second-order valence-corrected chi connectivity index (χ2v) is 8.74. The zero-order valence-electron chi connectivity index (χ0n) is 16.2. The molecule has 1 heteroatoms. The number of ether oxygens (including phenoxy) is 1. The maximum Gasteiger partial charge on any atom is 0.122 e. The quantitative estimate of drug-likeness (QED) is 0.603. The van der Waals surface area contributed by atoms with Gasteiger partial charge in [-0.2, -0.15) is 0 Å². The minimum absolute atomic E-state index is 0.768. The topological polar surface area (TPSA) is 9.23 Å². The number of benzene rings is 1. The van der Waals surface area contributed by atoms with E-state index < -0.39 is 0 Å². The first kappa shape index (κ1) is 17.8. The highest BCUT2D eigenvalue weighted by Crippen LogP contribution is 2.41. The molecule has 0 heterocycles. The van der Waals surface area contributed by atoms with Gasteiger partial charge in [0.1, 0.15) is 5.75 Å². The molecule has 0 bridgehead atoms. The average Bonchev–Trinajstić information content (AvgIpc) is 2.60. The second-order valence-electron chi connectivity index (χ2n) is 8.74. The Morgan fingerprint density at radius 1 is 0.792 bits per heavy atom. The standard InChI is InChI=1S/C23H36O/c1-16-5-10-21(11-6-16)22-12-8-20(9-13-22)15-24-23-14-7-17(2)18(3)19(23)4/h7,14,16,20-22H,5-6,8-13,15H2,1-4H3. The average molecular weight is 329 g/mol. The van der Waals surface area contributed by atoms with E-state index in [4.69, 9.17) is 4.74 Å². The molecular weight excluding hydrogens is 292 g/mol. The van der Waals surface area contributed by atoms with Gasteiger partial charge in [-0.1, -0.05) is 25.8 Å². The van der Waals surface area contributed by atoms with Gasteiger partial charge in [-0.05, 0) is 106 Å². The first-order valence-electron chi connectivity index (χ1n) is 10.2. The molecule has 1 nitrogen and oxygen atoms in total. The molecule has 0 unspecified atom stereocenters. The Hall–Kier alpha value is -0.980. The van der Waals surface area contributed by atoms with Crippen LogP contribution in [0.15, 0.2) is 12.1 Å². The van der Waals surface area contributed by atoms with E-state index in [9.17, 15) is 0 Å². The third-order valence-corrected chi connectivity index (χ3v) is 7.10. The number of hydrogen-bond acceptors (Lipinski definition) is 1. The Morgan fingerprint density at radius 2 is 1.38 bits per heavy atom. The number of rotatable bonds is 4. The van der Waals surface area contributed by atoms with E-state index in [-0.39, 0.29) is 0 Å². The van der Waals surface area contributed by atoms with Crippen molar-refractivity contribution < 1.29 is 4.74 Å². The largest absolute Gasteiger partial charge is 0.493 e. The summed E-state index contributed by atoms with van der Waals surface area (Å²) in [5.74, 6) is 4.89. The molecule has 1 aromatic carbocycles. The maximum absolute atomic E-state index is 6.21. The predicted octanol–water partition coefficient (Wildman–Crippen LogP) is 6.62. The van der Waals surface area contributed by atoms with Gasteiger partial charge in [-0.25, -0.2) is 0 Å². The summed E-state index contributed by atoms with van der Waals surface area (Å²) in [7, 11) is 0. The molecule has 3 rings (SSSR count). The molecule has 2 aliphatic carbocycles. The molecule has 0 aromatic heterocycles. The Kier molecular flexibility index (Phi) is 5.89. The molecule has 24 heavy (non-hydrogen) atoms. The van der Waals surface area contributed by atoms with Crippen LogP contribution >= 0.6 is 0 Å². The summed E-state index contributed by atoms with van der Waals surface area (Å²) in [5.41, 5.74) is 4.06. The van der Waals surface area contributed by atoms with Crippen molar-refractivity contribution in [3.63, 3.8) is 0 Å². The van der Waals surface area contributed by atoms with Crippen molar-refractivity contribution in [1.29, 1.82) is 0 Å². The molecule has 0 spiro atoms. The molecule has 2 fully saturated rings. The third-order valence-electron chi connectivity index (χ3n) is 7.10. The van der Waals surface area contributed by atoms with Crippen LogP contribution in [0.4, 0.5) is 0 Å². The van der Waals surface area contributed by atoms with Crippen molar-refractivity contribution in [2.75, 3.05) is 6.61 Å². The Morgan fingerprint density at radius 3 is 2.00 bits per heavy atom. The molecule has 0 amide bonds. The van der Waals surface area contributed by atoms with E-state index in [1.165, 1.54) is 68.1 Å². The van der Waals surface area contributed by atoms with E-state index in [2.05, 4.69) is 39.8 Å². The molecule has 0 saturated heterocycles. The maximum atomic E-state index is 6.21. The molecule has 0 atom stereocenters. The van der Waals surface area contributed by atoms with Gasteiger partial charge in [-0.3, -0.25) is 0 Å². The third kappa shape index (κ3) is 4.16. The van der Waals surface area contributed by atoms with Crippen LogP contribution in [0.3, 0.4) is 0 Å². The minimum Gasteiger partial charge on any atom is -0.493 e. The summed E-state index contributed by atoms with van der Waals surface area (Å²) in [6.45, 7) is 9.92. The van der Waals surface area contributed by atoms with Crippen LogP contribution in [0.25, 0.3) is 0 Å². The first-order chi connectivity index (χ1) is 11.5. The van der Waals surface area contributed by atoms with Crippen LogP contribution < -0.4 is 4.74 Å². The number of aryl methyl sites for hydroxylation is 1. The lowest BCUT2D eigenvalue weighted by Gasteiger charge is -2.37. The molecule has 2 saturated carbocycles. The van der Waals surface area contributed by atoms with Gasteiger partial charge < -0.3 is 4.74 Å². The van der Waals surface area contributed by atoms with Crippen LogP contribution in [0, 0.1) is 44.4 Å². The predicted molar refractivity (Wildman–Crippen MR) is 103 cm³/mol. The molecule has 1 aromatic rings. The van der Waals surface area contributed by atoms with Crippen LogP contribution in [-0.2, 0) is 0 Å². The van der Waals surface area contributed by atoms with E-state index in [1.54, 1.807) is 0 Å². The summed E-state index contributed by atoms with van der Waals surface area (Å²) in [6, 6.07) is 4.35. The van der Waals surface area contributed by atoms with Gasteiger partial charge in [0.15, 0.2) is 0 Å². The van der Waals surface area contributed by atoms with Gasteiger partial charge in [0.2, 0.25) is 0 Å². The van der Waals surface area contributed by atoms with E-state index in [0.717, 1.165) is 36.0 Å². The van der Waals surface area contributed by atoms with Gasteiger partial charge >= 0.3 is 0 Å². The lowest BCUT2D eigenvalue weighted by molar-refractivity contribution is 0.126. The summed E-state index contributed by atoms with van der Waals surface area (Å²) in [5, 5.41) is 0. The van der Waals surface area contributed by atoms with Crippen molar-refractivity contribution in [3.05, 3.63) is 28.8 Å². The minimum atomic E-state index is 0.768. The van der Waals surface area contributed by atoms with Crippen molar-refractivity contribution in [2.45, 2.75) is 79.1 Å². The SMILES string of the molecule is Cc1ccc(OCC2CCC(C3CCC(C)CC3)CC2)c(C)c1C. The zero-order valence-corrected chi connectivity index (χ0v) is 16.2. The first-order valence-corrected chi connectivity index (χ1v) is 10.2. The fourth-order valence-electron chi connectivity index (χ4n) is 4.88. The van der Waals surface area contributed by atoms with Gasteiger partial charge in [0.05, 0.1) is 6.61 Å². The fraction of sp³-hybridized carbons (Fsp3) is 0.739. The Bertz CT molecular complexity index is 531. The molecule has 2 aliphatic rings. The van der Waals surface area contributed by atoms with Gasteiger partial charge in [0, 0.05) is 0 Å². The van der Waals surface area contributed by atoms with Gasteiger partial charge in [0.25, 0.3) is 0 Å². The lowest BCUT2D eigenvalue weighted by atomic mass is 9.69. The normalized spacial score (nSPS) is 31.0. The second kappa shape index (κ2) is 7.93. The molecule has 0 radical (unpaired) electrons. The van der Waals surface area contributed by atoms with Crippen molar-refractivity contribution in [2.24, 2.45) is 23.7 Å². The molecule has 0 aliphatic heterocycles. The Labute approximate surface area is 149 Å². The zero-order chi connectivity index (χ0) is 17.1. The fourth-order valence-corrected chi connectivity index (χ4v) is 4.88. The van der Waals surface area contributed by atoms with Crippen LogP contribution in [0.5, 0.6) is 5.75 Å². The van der Waals surface area contributed by atoms with Gasteiger partial charge in [-0.15, -0.1) is 0 Å². The Balaban J connectivity index is 1.45. The van der Waals surface area contributed by atoms with E-state index in [0.29, 0.717) is 0 Å². The summed E-state index contributed by atoms with van der Waals surface area (Å²) < 4.78 is 6.21. The van der Waals surface area contributed by atoms with Crippen LogP contribution in [0.1, 0.15) is 75.0 Å². The molecular formula is C23H36O. The highest BCUT2D eigenvalue weighted by atomic mass is 16.5.